The second-order valence-electron chi connectivity index (χ2n) is 12.6. The molecule has 0 N–H and O–H groups in total. The number of nitrogens with zero attached hydrogens (tertiary/aromatic N) is 4. The quantitative estimate of drug-likeness (QED) is 0.196. The second-order valence-corrected chi connectivity index (χ2v) is 12.6. The smallest absolute Gasteiger partial charge is 0.165 e. The summed E-state index contributed by atoms with van der Waals surface area (Å²) in [6.07, 6.45) is 0. The summed E-state index contributed by atoms with van der Waals surface area (Å²) in [4.78, 5) is 10.7. The second kappa shape index (κ2) is 9.89. The summed E-state index contributed by atoms with van der Waals surface area (Å²) in [5, 5.41) is 6.86. The van der Waals surface area contributed by atoms with E-state index in [-0.39, 0.29) is 0 Å². The van der Waals surface area contributed by atoms with E-state index in [1.165, 1.54) is 5.39 Å². The maximum absolute atomic E-state index is 6.67. The van der Waals surface area contributed by atoms with Crippen molar-refractivity contribution < 1.29 is 4.42 Å². The highest BCUT2D eigenvalue weighted by Gasteiger charge is 2.25. The predicted octanol–water partition coefficient (Wildman–Crippen LogP) is 11.4. The molecule has 0 spiro atoms. The SMILES string of the molecule is c1ccc(-c2nc3ccccc3nc2-n2c3ccccc3c3ccc4c5ccccc5n(-c5cccc6c5oc5ccccc56)c4c32)cc1. The molecule has 0 saturated heterocycles. The van der Waals surface area contributed by atoms with E-state index < -0.39 is 0 Å². The summed E-state index contributed by atoms with van der Waals surface area (Å²) in [7, 11) is 0. The van der Waals surface area contributed by atoms with Crippen molar-refractivity contribution in [1.82, 2.24) is 19.1 Å². The molecular weight excluding hydrogens is 601 g/mol. The van der Waals surface area contributed by atoms with Crippen LogP contribution in [0.2, 0.25) is 0 Å². The Hall–Kier alpha value is -6.72. The third kappa shape index (κ3) is 3.64. The largest absolute Gasteiger partial charge is 0.454 e. The highest BCUT2D eigenvalue weighted by molar-refractivity contribution is 6.24. The Balaban J connectivity index is 1.38. The van der Waals surface area contributed by atoms with Crippen LogP contribution in [0, 0.1) is 0 Å². The number of para-hydroxylation sites is 6. The normalized spacial score (nSPS) is 12.1. The molecule has 4 aromatic heterocycles. The highest BCUT2D eigenvalue weighted by atomic mass is 16.3. The molecule has 0 aliphatic carbocycles. The van der Waals surface area contributed by atoms with E-state index in [0.717, 1.165) is 94.0 Å². The van der Waals surface area contributed by atoms with E-state index >= 15 is 0 Å². The number of aromatic nitrogens is 4. The van der Waals surface area contributed by atoms with Crippen LogP contribution in [0.25, 0.3) is 99.3 Å². The van der Waals surface area contributed by atoms with Crippen LogP contribution < -0.4 is 0 Å². The van der Waals surface area contributed by atoms with Crippen molar-refractivity contribution in [3.63, 3.8) is 0 Å². The standard InChI is InChI=1S/C44H26N4O/c1-2-13-27(14-3-1)40-44(46-35-20-8-7-19-34(35)45-40)48-37-22-10-5-16-29(37)32-26-25-31-28-15-4-9-21-36(28)47(41(31)42(32)48)38-23-12-18-33-30-17-6-11-24-39(30)49-43(33)38/h1-26H. The minimum Gasteiger partial charge on any atom is -0.454 e. The molecule has 5 heteroatoms. The zero-order chi connectivity index (χ0) is 32.1. The summed E-state index contributed by atoms with van der Waals surface area (Å²) >= 11 is 0. The molecule has 5 nitrogen and oxygen atoms in total. The van der Waals surface area contributed by atoms with Crippen molar-refractivity contribution >= 4 is 76.6 Å². The third-order valence-corrected chi connectivity index (χ3v) is 9.90. The number of benzene rings is 7. The Labute approximate surface area is 279 Å². The van der Waals surface area contributed by atoms with Crippen molar-refractivity contribution in [2.24, 2.45) is 0 Å². The monoisotopic (exact) mass is 626 g/mol. The van der Waals surface area contributed by atoms with Crippen LogP contribution in [-0.2, 0) is 0 Å². The third-order valence-electron chi connectivity index (χ3n) is 9.90. The summed E-state index contributed by atoms with van der Waals surface area (Å²) < 4.78 is 11.4. The fourth-order valence-corrected chi connectivity index (χ4v) is 7.82. The van der Waals surface area contributed by atoms with Gasteiger partial charge in [0.05, 0.1) is 38.8 Å². The average molecular weight is 627 g/mol. The van der Waals surface area contributed by atoms with E-state index in [1.54, 1.807) is 0 Å². The lowest BCUT2D eigenvalue weighted by atomic mass is 10.1. The van der Waals surface area contributed by atoms with Gasteiger partial charge in [-0.05, 0) is 36.4 Å². The first-order valence-corrected chi connectivity index (χ1v) is 16.5. The molecule has 0 saturated carbocycles. The fourth-order valence-electron chi connectivity index (χ4n) is 7.82. The first-order valence-electron chi connectivity index (χ1n) is 16.5. The van der Waals surface area contributed by atoms with Gasteiger partial charge in [0.15, 0.2) is 11.4 Å². The first kappa shape index (κ1) is 26.4. The van der Waals surface area contributed by atoms with E-state index in [1.807, 2.05) is 42.5 Å². The van der Waals surface area contributed by atoms with Gasteiger partial charge >= 0.3 is 0 Å². The molecule has 0 unspecified atom stereocenters. The van der Waals surface area contributed by atoms with Crippen LogP contribution in [0.4, 0.5) is 0 Å². The van der Waals surface area contributed by atoms with Gasteiger partial charge in [0.25, 0.3) is 0 Å². The highest BCUT2D eigenvalue weighted by Crippen LogP contribution is 2.44. The Bertz CT molecular complexity index is 3110. The van der Waals surface area contributed by atoms with Crippen molar-refractivity contribution in [2.45, 2.75) is 0 Å². The predicted molar refractivity (Wildman–Crippen MR) is 201 cm³/mol. The molecule has 7 aromatic carbocycles. The van der Waals surface area contributed by atoms with Crippen LogP contribution in [0.1, 0.15) is 0 Å². The average Bonchev–Trinajstić information content (AvgIpc) is 3.82. The molecule has 228 valence electrons. The summed E-state index contributed by atoms with van der Waals surface area (Å²) in [5.41, 5.74) is 10.7. The molecule has 11 rings (SSSR count). The van der Waals surface area contributed by atoms with Gasteiger partial charge in [-0.3, -0.25) is 4.57 Å². The first-order chi connectivity index (χ1) is 24.3. The van der Waals surface area contributed by atoms with Crippen LogP contribution in [0.3, 0.4) is 0 Å². The van der Waals surface area contributed by atoms with Crippen LogP contribution in [-0.4, -0.2) is 19.1 Å². The zero-order valence-corrected chi connectivity index (χ0v) is 26.2. The van der Waals surface area contributed by atoms with Gasteiger partial charge in [-0.25, -0.2) is 9.97 Å². The molecule has 49 heavy (non-hydrogen) atoms. The minimum atomic E-state index is 0.794. The molecule has 11 aromatic rings. The molecule has 0 aliphatic heterocycles. The summed E-state index contributed by atoms with van der Waals surface area (Å²) in [5.74, 6) is 0.794. The minimum absolute atomic E-state index is 0.794. The molecule has 0 aliphatic rings. The molecule has 0 atom stereocenters. The molecular formula is C44H26N4O. The molecule has 4 heterocycles. The number of hydrogen-bond acceptors (Lipinski definition) is 3. The van der Waals surface area contributed by atoms with Gasteiger partial charge < -0.3 is 8.98 Å². The van der Waals surface area contributed by atoms with Gasteiger partial charge in [-0.15, -0.1) is 0 Å². The zero-order valence-electron chi connectivity index (χ0n) is 26.2. The number of furan rings is 1. The van der Waals surface area contributed by atoms with Gasteiger partial charge in [0.1, 0.15) is 11.3 Å². The Morgan fingerprint density at radius 2 is 0.980 bits per heavy atom. The molecule has 0 bridgehead atoms. The lowest BCUT2D eigenvalue weighted by Crippen LogP contribution is -2.05. The maximum atomic E-state index is 6.67. The molecule has 0 fully saturated rings. The summed E-state index contributed by atoms with van der Waals surface area (Å²) in [6, 6.07) is 55.1. The van der Waals surface area contributed by atoms with Crippen molar-refractivity contribution in [2.75, 3.05) is 0 Å². The number of fused-ring (bicyclic) bond motifs is 11. The Morgan fingerprint density at radius 1 is 0.408 bits per heavy atom. The van der Waals surface area contributed by atoms with Crippen molar-refractivity contribution in [3.8, 4) is 22.8 Å². The topological polar surface area (TPSA) is 48.8 Å². The van der Waals surface area contributed by atoms with Crippen molar-refractivity contribution in [3.05, 3.63) is 158 Å². The number of hydrogen-bond donors (Lipinski definition) is 0. The number of rotatable bonds is 3. The summed E-state index contributed by atoms with van der Waals surface area (Å²) in [6.45, 7) is 0. The van der Waals surface area contributed by atoms with Crippen LogP contribution in [0.5, 0.6) is 0 Å². The van der Waals surface area contributed by atoms with Gasteiger partial charge in [0, 0.05) is 37.9 Å². The van der Waals surface area contributed by atoms with E-state index in [9.17, 15) is 0 Å². The maximum Gasteiger partial charge on any atom is 0.165 e. The van der Waals surface area contributed by atoms with Gasteiger partial charge in [-0.1, -0.05) is 121 Å². The van der Waals surface area contributed by atoms with Crippen LogP contribution >= 0.6 is 0 Å². The van der Waals surface area contributed by atoms with Crippen molar-refractivity contribution in [1.29, 1.82) is 0 Å². The lowest BCUT2D eigenvalue weighted by molar-refractivity contribution is 0.666. The molecule has 0 amide bonds. The van der Waals surface area contributed by atoms with E-state index in [0.29, 0.717) is 0 Å². The van der Waals surface area contributed by atoms with Gasteiger partial charge in [0.2, 0.25) is 0 Å². The fraction of sp³-hybridized carbons (Fsp3) is 0. The van der Waals surface area contributed by atoms with E-state index in [4.69, 9.17) is 14.4 Å². The lowest BCUT2D eigenvalue weighted by Gasteiger charge is -2.15. The van der Waals surface area contributed by atoms with Gasteiger partial charge in [-0.2, -0.15) is 0 Å². The Morgan fingerprint density at radius 3 is 1.73 bits per heavy atom. The van der Waals surface area contributed by atoms with Crippen LogP contribution in [0.15, 0.2) is 162 Å². The Kier molecular flexibility index (Phi) is 5.32. The van der Waals surface area contributed by atoms with E-state index in [2.05, 4.69) is 124 Å². The molecule has 0 radical (unpaired) electrons.